The van der Waals surface area contributed by atoms with Crippen LogP contribution in [0.3, 0.4) is 0 Å². The standard InChI is InChI=1S/C17H19N5O2/c1-4-5-15(23)20-21-10-18-16-14(17(21)24)9-19-22(16)13-7-6-11(2)12(3)8-13/h6-10H,4-5H2,1-3H3,(H,20,23). The van der Waals surface area contributed by atoms with Gasteiger partial charge in [0, 0.05) is 6.42 Å². The van der Waals surface area contributed by atoms with E-state index in [9.17, 15) is 9.59 Å². The predicted molar refractivity (Wildman–Crippen MR) is 91.9 cm³/mol. The minimum atomic E-state index is -0.348. The number of nitrogens with zero attached hydrogens (tertiary/aromatic N) is 4. The molecular formula is C17H19N5O2. The molecule has 2 heterocycles. The van der Waals surface area contributed by atoms with Gasteiger partial charge in [-0.1, -0.05) is 13.0 Å². The molecule has 2 aromatic heterocycles. The Bertz CT molecular complexity index is 971. The second-order valence-electron chi connectivity index (χ2n) is 5.77. The molecule has 0 radical (unpaired) electrons. The number of nitrogens with one attached hydrogen (secondary N) is 1. The molecule has 0 unspecified atom stereocenters. The molecule has 3 aromatic rings. The molecule has 124 valence electrons. The first-order valence-electron chi connectivity index (χ1n) is 7.84. The quantitative estimate of drug-likeness (QED) is 0.796. The number of aromatic nitrogens is 4. The predicted octanol–water partition coefficient (Wildman–Crippen LogP) is 2.07. The fourth-order valence-corrected chi connectivity index (χ4v) is 2.45. The normalized spacial score (nSPS) is 11.0. The lowest BCUT2D eigenvalue weighted by Crippen LogP contribution is -2.33. The Morgan fingerprint density at radius 1 is 1.25 bits per heavy atom. The van der Waals surface area contributed by atoms with Crippen LogP contribution in [0.4, 0.5) is 0 Å². The number of carbonyl (C=O) groups is 1. The van der Waals surface area contributed by atoms with Crippen molar-refractivity contribution in [2.45, 2.75) is 33.6 Å². The number of rotatable bonds is 4. The van der Waals surface area contributed by atoms with Crippen LogP contribution in [0.15, 0.2) is 35.5 Å². The Labute approximate surface area is 138 Å². The smallest absolute Gasteiger partial charge is 0.273 e. The summed E-state index contributed by atoms with van der Waals surface area (Å²) >= 11 is 0. The second-order valence-corrected chi connectivity index (χ2v) is 5.77. The van der Waals surface area contributed by atoms with E-state index < -0.39 is 0 Å². The number of benzene rings is 1. The number of hydrogen-bond acceptors (Lipinski definition) is 4. The SMILES string of the molecule is CCCC(=O)Nn1cnc2c(cnn2-c2ccc(C)c(C)c2)c1=O. The lowest BCUT2D eigenvalue weighted by atomic mass is 10.1. The molecule has 7 heteroatoms. The van der Waals surface area contributed by atoms with Crippen LogP contribution >= 0.6 is 0 Å². The van der Waals surface area contributed by atoms with Crippen LogP contribution in [-0.4, -0.2) is 25.3 Å². The van der Waals surface area contributed by atoms with Crippen LogP contribution in [0.1, 0.15) is 30.9 Å². The molecule has 0 fully saturated rings. The van der Waals surface area contributed by atoms with Gasteiger partial charge in [0.15, 0.2) is 5.65 Å². The minimum Gasteiger partial charge on any atom is -0.273 e. The van der Waals surface area contributed by atoms with Crippen molar-refractivity contribution in [3.8, 4) is 5.69 Å². The number of aryl methyl sites for hydroxylation is 2. The highest BCUT2D eigenvalue weighted by molar-refractivity contribution is 5.84. The summed E-state index contributed by atoms with van der Waals surface area (Å²) in [5.41, 5.74) is 5.81. The van der Waals surface area contributed by atoms with Crippen LogP contribution < -0.4 is 11.0 Å². The molecule has 24 heavy (non-hydrogen) atoms. The zero-order valence-electron chi connectivity index (χ0n) is 13.9. The lowest BCUT2D eigenvalue weighted by Gasteiger charge is -2.08. The van der Waals surface area contributed by atoms with E-state index in [1.807, 2.05) is 39.0 Å². The van der Waals surface area contributed by atoms with Crippen LogP contribution in [-0.2, 0) is 4.79 Å². The van der Waals surface area contributed by atoms with Gasteiger partial charge in [-0.15, -0.1) is 0 Å². The average molecular weight is 325 g/mol. The van der Waals surface area contributed by atoms with E-state index >= 15 is 0 Å². The second kappa shape index (κ2) is 6.27. The van der Waals surface area contributed by atoms with Crippen molar-refractivity contribution in [1.82, 2.24) is 19.4 Å². The van der Waals surface area contributed by atoms with Gasteiger partial charge in [-0.05, 0) is 43.5 Å². The number of carbonyl (C=O) groups excluding carboxylic acids is 1. The molecule has 0 saturated heterocycles. The van der Waals surface area contributed by atoms with Gasteiger partial charge in [-0.3, -0.25) is 15.0 Å². The van der Waals surface area contributed by atoms with Crippen LogP contribution in [0, 0.1) is 13.8 Å². The molecular weight excluding hydrogens is 306 g/mol. The van der Waals surface area contributed by atoms with Gasteiger partial charge in [0.25, 0.3) is 5.56 Å². The summed E-state index contributed by atoms with van der Waals surface area (Å²) in [6, 6.07) is 5.94. The Kier molecular flexibility index (Phi) is 4.16. The Morgan fingerprint density at radius 3 is 2.75 bits per heavy atom. The summed E-state index contributed by atoms with van der Waals surface area (Å²) in [6.45, 7) is 5.96. The highest BCUT2D eigenvalue weighted by atomic mass is 16.2. The maximum atomic E-state index is 12.5. The molecule has 0 bridgehead atoms. The van der Waals surface area contributed by atoms with Gasteiger partial charge in [0.1, 0.15) is 11.7 Å². The Hall–Kier alpha value is -2.96. The third-order valence-electron chi connectivity index (χ3n) is 3.95. The first-order chi connectivity index (χ1) is 11.5. The van der Waals surface area contributed by atoms with Crippen LogP contribution in [0.5, 0.6) is 0 Å². The van der Waals surface area contributed by atoms with Crippen molar-refractivity contribution in [2.24, 2.45) is 0 Å². The maximum Gasteiger partial charge on any atom is 0.283 e. The first-order valence-corrected chi connectivity index (χ1v) is 7.84. The van der Waals surface area contributed by atoms with Crippen molar-refractivity contribution >= 4 is 16.9 Å². The lowest BCUT2D eigenvalue weighted by molar-refractivity contribution is -0.117. The van der Waals surface area contributed by atoms with Crippen molar-refractivity contribution < 1.29 is 4.79 Å². The third-order valence-corrected chi connectivity index (χ3v) is 3.95. The number of amides is 1. The summed E-state index contributed by atoms with van der Waals surface area (Å²) in [5, 5.41) is 4.64. The molecule has 0 atom stereocenters. The molecule has 0 aliphatic rings. The number of fused-ring (bicyclic) bond motifs is 1. The summed E-state index contributed by atoms with van der Waals surface area (Å²) in [6.07, 6.45) is 3.85. The molecule has 0 spiro atoms. The summed E-state index contributed by atoms with van der Waals surface area (Å²) < 4.78 is 2.73. The summed E-state index contributed by atoms with van der Waals surface area (Å²) in [4.78, 5) is 28.5. The fourth-order valence-electron chi connectivity index (χ4n) is 2.45. The minimum absolute atomic E-state index is 0.220. The van der Waals surface area contributed by atoms with Crippen molar-refractivity contribution in [3.05, 3.63) is 52.2 Å². The van der Waals surface area contributed by atoms with E-state index in [1.165, 1.54) is 18.1 Å². The van der Waals surface area contributed by atoms with E-state index in [0.717, 1.165) is 15.9 Å². The van der Waals surface area contributed by atoms with Crippen molar-refractivity contribution in [1.29, 1.82) is 0 Å². The van der Waals surface area contributed by atoms with Gasteiger partial charge < -0.3 is 0 Å². The highest BCUT2D eigenvalue weighted by Gasteiger charge is 2.13. The van der Waals surface area contributed by atoms with E-state index in [2.05, 4.69) is 15.5 Å². The topological polar surface area (TPSA) is 81.8 Å². The van der Waals surface area contributed by atoms with E-state index in [0.29, 0.717) is 23.9 Å². The molecule has 1 aromatic carbocycles. The maximum absolute atomic E-state index is 12.5. The zero-order chi connectivity index (χ0) is 17.3. The first kappa shape index (κ1) is 15.9. The summed E-state index contributed by atoms with van der Waals surface area (Å²) in [5.74, 6) is -0.220. The highest BCUT2D eigenvalue weighted by Crippen LogP contribution is 2.16. The molecule has 3 rings (SSSR count). The molecule has 7 nitrogen and oxygen atoms in total. The van der Waals surface area contributed by atoms with Crippen molar-refractivity contribution in [3.63, 3.8) is 0 Å². The third kappa shape index (κ3) is 2.80. The monoisotopic (exact) mass is 325 g/mol. The van der Waals surface area contributed by atoms with Gasteiger partial charge in [0.05, 0.1) is 11.9 Å². The fraction of sp³-hybridized carbons (Fsp3) is 0.294. The largest absolute Gasteiger partial charge is 0.283 e. The Balaban J connectivity index is 2.05. The zero-order valence-corrected chi connectivity index (χ0v) is 13.9. The molecule has 1 N–H and O–H groups in total. The molecule has 1 amide bonds. The van der Waals surface area contributed by atoms with Crippen LogP contribution in [0.25, 0.3) is 16.7 Å². The number of hydrogen-bond donors (Lipinski definition) is 1. The summed E-state index contributed by atoms with van der Waals surface area (Å²) in [7, 11) is 0. The van der Waals surface area contributed by atoms with Gasteiger partial charge in [-0.2, -0.15) is 5.10 Å². The molecule has 0 aliphatic heterocycles. The molecule has 0 saturated carbocycles. The van der Waals surface area contributed by atoms with Gasteiger partial charge in [-0.25, -0.2) is 14.3 Å². The Morgan fingerprint density at radius 2 is 2.04 bits per heavy atom. The van der Waals surface area contributed by atoms with Crippen LogP contribution in [0.2, 0.25) is 0 Å². The van der Waals surface area contributed by atoms with Crippen molar-refractivity contribution in [2.75, 3.05) is 5.43 Å². The van der Waals surface area contributed by atoms with E-state index in [4.69, 9.17) is 0 Å². The van der Waals surface area contributed by atoms with E-state index in [-0.39, 0.29) is 11.5 Å². The van der Waals surface area contributed by atoms with Gasteiger partial charge in [0.2, 0.25) is 5.91 Å². The average Bonchev–Trinajstić information content (AvgIpc) is 2.98. The van der Waals surface area contributed by atoms with Gasteiger partial charge >= 0.3 is 0 Å². The van der Waals surface area contributed by atoms with E-state index in [1.54, 1.807) is 4.68 Å². The molecule has 0 aliphatic carbocycles.